The van der Waals surface area contributed by atoms with Crippen LogP contribution in [-0.4, -0.2) is 33.0 Å². The molecule has 3 rings (SSSR count). The van der Waals surface area contributed by atoms with Crippen LogP contribution in [0.4, 0.5) is 5.82 Å². The molecule has 0 spiro atoms. The van der Waals surface area contributed by atoms with Gasteiger partial charge in [0.2, 0.25) is 0 Å². The second kappa shape index (κ2) is 4.08. The average molecular weight is 227 g/mol. The SMILES string of the molecule is Cc1nccc(C2CN(c3ccncn3)C2)n1. The number of anilines is 1. The van der Waals surface area contributed by atoms with Gasteiger partial charge in [-0.3, -0.25) is 0 Å². The summed E-state index contributed by atoms with van der Waals surface area (Å²) in [7, 11) is 0. The van der Waals surface area contributed by atoms with Crippen LogP contribution >= 0.6 is 0 Å². The van der Waals surface area contributed by atoms with Crippen LogP contribution < -0.4 is 4.90 Å². The van der Waals surface area contributed by atoms with E-state index in [1.807, 2.05) is 25.3 Å². The molecule has 5 nitrogen and oxygen atoms in total. The van der Waals surface area contributed by atoms with E-state index in [0.29, 0.717) is 5.92 Å². The third kappa shape index (κ3) is 1.95. The molecular weight excluding hydrogens is 214 g/mol. The van der Waals surface area contributed by atoms with Gasteiger partial charge in [-0.25, -0.2) is 19.9 Å². The largest absolute Gasteiger partial charge is 0.355 e. The summed E-state index contributed by atoms with van der Waals surface area (Å²) in [5.41, 5.74) is 1.13. The van der Waals surface area contributed by atoms with Crippen molar-refractivity contribution in [1.29, 1.82) is 0 Å². The zero-order valence-corrected chi connectivity index (χ0v) is 9.61. The summed E-state index contributed by atoms with van der Waals surface area (Å²) in [5.74, 6) is 2.32. The van der Waals surface area contributed by atoms with Crippen LogP contribution in [0.25, 0.3) is 0 Å². The van der Waals surface area contributed by atoms with Gasteiger partial charge in [0.1, 0.15) is 18.0 Å². The predicted molar refractivity (Wildman–Crippen MR) is 63.8 cm³/mol. The lowest BCUT2D eigenvalue weighted by atomic mass is 9.96. The first kappa shape index (κ1) is 10.1. The Kier molecular flexibility index (Phi) is 2.44. The number of rotatable bonds is 2. The third-order valence-electron chi connectivity index (χ3n) is 2.99. The van der Waals surface area contributed by atoms with Crippen LogP contribution in [0.15, 0.2) is 30.9 Å². The van der Waals surface area contributed by atoms with Crippen molar-refractivity contribution in [3.63, 3.8) is 0 Å². The molecule has 1 aliphatic heterocycles. The molecule has 5 heteroatoms. The zero-order valence-electron chi connectivity index (χ0n) is 9.61. The lowest BCUT2D eigenvalue weighted by Crippen LogP contribution is -2.45. The molecule has 0 aromatic carbocycles. The van der Waals surface area contributed by atoms with E-state index in [0.717, 1.165) is 30.4 Å². The highest BCUT2D eigenvalue weighted by molar-refractivity contribution is 5.42. The van der Waals surface area contributed by atoms with Crippen molar-refractivity contribution in [3.05, 3.63) is 42.4 Å². The Balaban J connectivity index is 1.69. The molecule has 0 atom stereocenters. The second-order valence-corrected chi connectivity index (χ2v) is 4.20. The number of aryl methyl sites for hydroxylation is 1. The molecular formula is C12H13N5. The van der Waals surface area contributed by atoms with E-state index in [1.165, 1.54) is 0 Å². The molecule has 17 heavy (non-hydrogen) atoms. The van der Waals surface area contributed by atoms with Crippen molar-refractivity contribution >= 4 is 5.82 Å². The summed E-state index contributed by atoms with van der Waals surface area (Å²) in [5, 5.41) is 0. The van der Waals surface area contributed by atoms with Crippen LogP contribution in [0, 0.1) is 6.92 Å². The Labute approximate surface area is 99.6 Å². The van der Waals surface area contributed by atoms with Crippen LogP contribution in [0.2, 0.25) is 0 Å². The minimum absolute atomic E-state index is 0.492. The van der Waals surface area contributed by atoms with E-state index in [1.54, 1.807) is 12.5 Å². The first-order valence-electron chi connectivity index (χ1n) is 5.63. The Morgan fingerprint density at radius 3 is 2.76 bits per heavy atom. The minimum Gasteiger partial charge on any atom is -0.355 e. The maximum Gasteiger partial charge on any atom is 0.131 e. The van der Waals surface area contributed by atoms with E-state index in [2.05, 4.69) is 24.8 Å². The number of hydrogen-bond acceptors (Lipinski definition) is 5. The maximum absolute atomic E-state index is 4.45. The van der Waals surface area contributed by atoms with Crippen LogP contribution in [-0.2, 0) is 0 Å². The normalized spacial score (nSPS) is 15.7. The van der Waals surface area contributed by atoms with Crippen LogP contribution in [0.3, 0.4) is 0 Å². The molecule has 1 fully saturated rings. The summed E-state index contributed by atoms with van der Waals surface area (Å²) < 4.78 is 0. The Morgan fingerprint density at radius 1 is 1.18 bits per heavy atom. The monoisotopic (exact) mass is 227 g/mol. The Morgan fingerprint density at radius 2 is 2.06 bits per heavy atom. The van der Waals surface area contributed by atoms with E-state index >= 15 is 0 Å². The van der Waals surface area contributed by atoms with Crippen LogP contribution in [0.1, 0.15) is 17.4 Å². The molecule has 1 saturated heterocycles. The fraction of sp³-hybridized carbons (Fsp3) is 0.333. The third-order valence-corrected chi connectivity index (χ3v) is 2.99. The average Bonchev–Trinajstić information content (AvgIpc) is 2.28. The molecule has 2 aromatic heterocycles. The topological polar surface area (TPSA) is 54.8 Å². The molecule has 0 radical (unpaired) electrons. The van der Waals surface area contributed by atoms with Gasteiger partial charge in [-0.1, -0.05) is 0 Å². The molecule has 3 heterocycles. The Hall–Kier alpha value is -2.04. The molecule has 0 saturated carbocycles. The van der Waals surface area contributed by atoms with Gasteiger partial charge in [0.15, 0.2) is 0 Å². The molecule has 2 aromatic rings. The van der Waals surface area contributed by atoms with Gasteiger partial charge in [0.05, 0.1) is 5.69 Å². The lowest BCUT2D eigenvalue weighted by molar-refractivity contribution is 0.506. The molecule has 0 amide bonds. The highest BCUT2D eigenvalue weighted by Gasteiger charge is 2.29. The van der Waals surface area contributed by atoms with E-state index in [-0.39, 0.29) is 0 Å². The molecule has 0 aliphatic carbocycles. The van der Waals surface area contributed by atoms with E-state index in [4.69, 9.17) is 0 Å². The molecule has 0 unspecified atom stereocenters. The van der Waals surface area contributed by atoms with Gasteiger partial charge in [-0.15, -0.1) is 0 Å². The quantitative estimate of drug-likeness (QED) is 0.771. The van der Waals surface area contributed by atoms with Crippen molar-refractivity contribution in [2.75, 3.05) is 18.0 Å². The first-order valence-corrected chi connectivity index (χ1v) is 5.63. The van der Waals surface area contributed by atoms with E-state index < -0.39 is 0 Å². The van der Waals surface area contributed by atoms with Crippen molar-refractivity contribution in [1.82, 2.24) is 19.9 Å². The molecule has 86 valence electrons. The van der Waals surface area contributed by atoms with Crippen molar-refractivity contribution in [2.24, 2.45) is 0 Å². The maximum atomic E-state index is 4.45. The summed E-state index contributed by atoms with van der Waals surface area (Å²) in [4.78, 5) is 18.9. The van der Waals surface area contributed by atoms with Gasteiger partial charge in [0.25, 0.3) is 0 Å². The van der Waals surface area contributed by atoms with Gasteiger partial charge in [-0.2, -0.15) is 0 Å². The zero-order chi connectivity index (χ0) is 11.7. The smallest absolute Gasteiger partial charge is 0.131 e. The second-order valence-electron chi connectivity index (χ2n) is 4.20. The summed E-state index contributed by atoms with van der Waals surface area (Å²) in [6.07, 6.45) is 5.17. The van der Waals surface area contributed by atoms with Gasteiger partial charge in [0, 0.05) is 31.4 Å². The lowest BCUT2D eigenvalue weighted by Gasteiger charge is -2.39. The molecule has 1 aliphatic rings. The Bertz CT molecular complexity index is 507. The highest BCUT2D eigenvalue weighted by atomic mass is 15.2. The van der Waals surface area contributed by atoms with Crippen molar-refractivity contribution < 1.29 is 0 Å². The van der Waals surface area contributed by atoms with Crippen LogP contribution in [0.5, 0.6) is 0 Å². The van der Waals surface area contributed by atoms with Crippen molar-refractivity contribution in [2.45, 2.75) is 12.8 Å². The number of hydrogen-bond donors (Lipinski definition) is 0. The highest BCUT2D eigenvalue weighted by Crippen LogP contribution is 2.28. The standard InChI is InChI=1S/C12H13N5/c1-9-14-5-2-11(16-9)10-6-17(7-10)12-3-4-13-8-15-12/h2-5,8,10H,6-7H2,1H3. The predicted octanol–water partition coefficient (Wildman–Crippen LogP) is 1.18. The van der Waals surface area contributed by atoms with Crippen molar-refractivity contribution in [3.8, 4) is 0 Å². The van der Waals surface area contributed by atoms with E-state index in [9.17, 15) is 0 Å². The number of aromatic nitrogens is 4. The van der Waals surface area contributed by atoms with Gasteiger partial charge < -0.3 is 4.90 Å². The number of nitrogens with zero attached hydrogens (tertiary/aromatic N) is 5. The summed E-state index contributed by atoms with van der Waals surface area (Å²) >= 11 is 0. The minimum atomic E-state index is 0.492. The molecule has 0 bridgehead atoms. The summed E-state index contributed by atoms with van der Waals surface area (Å²) in [6, 6.07) is 3.93. The summed E-state index contributed by atoms with van der Waals surface area (Å²) in [6.45, 7) is 3.85. The van der Waals surface area contributed by atoms with Gasteiger partial charge in [-0.05, 0) is 19.1 Å². The van der Waals surface area contributed by atoms with Gasteiger partial charge >= 0.3 is 0 Å². The molecule has 0 N–H and O–H groups in total. The first-order chi connectivity index (χ1) is 8.33. The fourth-order valence-corrected chi connectivity index (χ4v) is 2.03. The fourth-order valence-electron chi connectivity index (χ4n) is 2.03.